The lowest BCUT2D eigenvalue weighted by atomic mass is 9.92. The van der Waals surface area contributed by atoms with Crippen LogP contribution in [-0.4, -0.2) is 34.0 Å². The molecule has 0 bridgehead atoms. The summed E-state index contributed by atoms with van der Waals surface area (Å²) in [4.78, 5) is 19.5. The Kier molecular flexibility index (Phi) is 8.07. The van der Waals surface area contributed by atoms with E-state index in [1.807, 2.05) is 24.3 Å². The predicted octanol–water partition coefficient (Wildman–Crippen LogP) is 7.39. The summed E-state index contributed by atoms with van der Waals surface area (Å²) in [6.45, 7) is 5.33. The van der Waals surface area contributed by atoms with Gasteiger partial charge in [-0.1, -0.05) is 38.1 Å². The fourth-order valence-corrected chi connectivity index (χ4v) is 6.06. The first-order valence-electron chi connectivity index (χ1n) is 12.8. The zero-order valence-corrected chi connectivity index (χ0v) is 23.0. The Morgan fingerprint density at radius 1 is 1.21 bits per heavy atom. The van der Waals surface area contributed by atoms with Gasteiger partial charge in [-0.05, 0) is 78.8 Å². The summed E-state index contributed by atoms with van der Waals surface area (Å²) in [5, 5.41) is 12.8. The van der Waals surface area contributed by atoms with Crippen molar-refractivity contribution in [1.29, 1.82) is 0 Å². The molecule has 1 unspecified atom stereocenters. The molecule has 3 aromatic rings. The van der Waals surface area contributed by atoms with Gasteiger partial charge in [-0.2, -0.15) is 0 Å². The second-order valence-electron chi connectivity index (χ2n) is 9.99. The van der Waals surface area contributed by atoms with E-state index in [9.17, 15) is 9.90 Å². The van der Waals surface area contributed by atoms with E-state index in [0.29, 0.717) is 12.3 Å². The smallest absolute Gasteiger partial charge is 0.333 e. The van der Waals surface area contributed by atoms with E-state index in [1.165, 1.54) is 0 Å². The number of aliphatic carboxylic acids is 1. The molecule has 1 aliphatic heterocycles. The van der Waals surface area contributed by atoms with Gasteiger partial charge in [0.25, 0.3) is 0 Å². The second kappa shape index (κ2) is 11.6. The van der Waals surface area contributed by atoms with E-state index < -0.39 is 11.3 Å². The van der Waals surface area contributed by atoms with Gasteiger partial charge in [-0.15, -0.1) is 11.6 Å². The number of hydrogen-bond donors (Lipinski definition) is 3. The molecule has 3 N–H and O–H groups in total. The minimum Gasteiger partial charge on any atom is -0.478 e. The number of rotatable bonds is 7. The third-order valence-corrected chi connectivity index (χ3v) is 8.07. The van der Waals surface area contributed by atoms with Crippen LogP contribution in [0.25, 0.3) is 5.57 Å². The summed E-state index contributed by atoms with van der Waals surface area (Å²) in [7, 11) is 0. The van der Waals surface area contributed by atoms with Crippen LogP contribution in [0.15, 0.2) is 89.6 Å². The Balaban J connectivity index is 1.65. The predicted molar refractivity (Wildman–Crippen MR) is 158 cm³/mol. The Labute approximate surface area is 232 Å². The third kappa shape index (κ3) is 5.90. The van der Waals surface area contributed by atoms with Gasteiger partial charge in [-0.25, -0.2) is 4.79 Å². The van der Waals surface area contributed by atoms with Crippen LogP contribution < -0.4 is 14.9 Å². The van der Waals surface area contributed by atoms with Crippen molar-refractivity contribution in [3.8, 4) is 0 Å². The highest BCUT2D eigenvalue weighted by molar-refractivity contribution is 7.97. The molecule has 38 heavy (non-hydrogen) atoms. The molecule has 196 valence electrons. The quantitative estimate of drug-likeness (QED) is 0.210. The SMILES string of the molecule is CC(C)C[C@@H]1CN(c2ccccc2)c2cc(Nc3ccncc3)c(C3=CCC(Cl)C(C(=O)O)=C3)cc2SN1. The molecular formula is C30H31ClN4O2S. The number of carboxylic acid groups (broad SMARTS) is 1. The number of aromatic nitrogens is 1. The first kappa shape index (κ1) is 26.4. The first-order valence-corrected chi connectivity index (χ1v) is 14.0. The van der Waals surface area contributed by atoms with Crippen molar-refractivity contribution in [2.45, 2.75) is 43.0 Å². The Morgan fingerprint density at radius 2 is 1.97 bits per heavy atom. The van der Waals surface area contributed by atoms with E-state index in [0.717, 1.165) is 51.7 Å². The number of alkyl halides is 1. The molecule has 2 aliphatic rings. The van der Waals surface area contributed by atoms with Crippen LogP contribution >= 0.6 is 23.5 Å². The summed E-state index contributed by atoms with van der Waals surface area (Å²) in [6.07, 6.45) is 8.73. The largest absolute Gasteiger partial charge is 0.478 e. The number of nitrogens with one attached hydrogen (secondary N) is 2. The molecule has 6 nitrogen and oxygen atoms in total. The van der Waals surface area contributed by atoms with Gasteiger partial charge in [0, 0.05) is 52.5 Å². The van der Waals surface area contributed by atoms with E-state index in [-0.39, 0.29) is 11.6 Å². The van der Waals surface area contributed by atoms with Gasteiger partial charge in [-0.3, -0.25) is 9.71 Å². The number of fused-ring (bicyclic) bond motifs is 1. The van der Waals surface area contributed by atoms with Gasteiger partial charge in [0.15, 0.2) is 0 Å². The Morgan fingerprint density at radius 3 is 2.68 bits per heavy atom. The van der Waals surface area contributed by atoms with Crippen LogP contribution in [0.5, 0.6) is 0 Å². The van der Waals surface area contributed by atoms with Crippen LogP contribution in [0, 0.1) is 5.92 Å². The van der Waals surface area contributed by atoms with Crippen LogP contribution in [0.1, 0.15) is 32.3 Å². The van der Waals surface area contributed by atoms with Crippen molar-refractivity contribution in [3.05, 3.63) is 90.3 Å². The molecule has 8 heteroatoms. The number of hydrogen-bond acceptors (Lipinski definition) is 6. The number of carboxylic acids is 1. The van der Waals surface area contributed by atoms with Crippen molar-refractivity contribution in [3.63, 3.8) is 0 Å². The minimum atomic E-state index is -0.989. The number of allylic oxidation sites excluding steroid dienone is 3. The van der Waals surface area contributed by atoms with E-state index in [4.69, 9.17) is 11.6 Å². The third-order valence-electron chi connectivity index (χ3n) is 6.66. The fraction of sp³-hybridized carbons (Fsp3) is 0.267. The molecular weight excluding hydrogens is 516 g/mol. The average Bonchev–Trinajstić information content (AvgIpc) is 3.08. The van der Waals surface area contributed by atoms with Gasteiger partial charge in [0.1, 0.15) is 0 Å². The number of halogens is 1. The Hall–Kier alpha value is -3.26. The van der Waals surface area contributed by atoms with Crippen molar-refractivity contribution >= 4 is 57.8 Å². The molecule has 0 amide bonds. The highest BCUT2D eigenvalue weighted by Gasteiger charge is 2.28. The summed E-state index contributed by atoms with van der Waals surface area (Å²) in [5.41, 5.74) is 5.99. The van der Waals surface area contributed by atoms with Gasteiger partial charge in [0.05, 0.1) is 16.6 Å². The van der Waals surface area contributed by atoms with Gasteiger partial charge >= 0.3 is 5.97 Å². The Bertz CT molecular complexity index is 1360. The molecule has 0 saturated carbocycles. The van der Waals surface area contributed by atoms with Crippen molar-refractivity contribution in [2.24, 2.45) is 5.92 Å². The topological polar surface area (TPSA) is 77.5 Å². The zero-order chi connectivity index (χ0) is 26.6. The van der Waals surface area contributed by atoms with Gasteiger partial charge < -0.3 is 15.3 Å². The van der Waals surface area contributed by atoms with Crippen LogP contribution in [0.4, 0.5) is 22.7 Å². The maximum Gasteiger partial charge on any atom is 0.333 e. The van der Waals surface area contributed by atoms with Crippen LogP contribution in [0.2, 0.25) is 0 Å². The average molecular weight is 547 g/mol. The molecule has 0 fully saturated rings. The molecule has 1 aliphatic carbocycles. The highest BCUT2D eigenvalue weighted by atomic mass is 35.5. The molecule has 2 aromatic carbocycles. The summed E-state index contributed by atoms with van der Waals surface area (Å²) >= 11 is 7.98. The number of nitrogens with zero attached hydrogens (tertiary/aromatic N) is 2. The lowest BCUT2D eigenvalue weighted by Crippen LogP contribution is -2.35. The van der Waals surface area contributed by atoms with E-state index in [2.05, 4.69) is 70.2 Å². The van der Waals surface area contributed by atoms with E-state index in [1.54, 1.807) is 30.4 Å². The van der Waals surface area contributed by atoms with E-state index >= 15 is 0 Å². The summed E-state index contributed by atoms with van der Waals surface area (Å²) in [6, 6.07) is 18.9. The van der Waals surface area contributed by atoms with Gasteiger partial charge in [0.2, 0.25) is 0 Å². The number of benzene rings is 2. The molecule has 5 rings (SSSR count). The lowest BCUT2D eigenvalue weighted by Gasteiger charge is -2.29. The fourth-order valence-electron chi connectivity index (χ4n) is 4.90. The minimum absolute atomic E-state index is 0.211. The van der Waals surface area contributed by atoms with Crippen LogP contribution in [0.3, 0.4) is 0 Å². The second-order valence-corrected chi connectivity index (χ2v) is 11.4. The van der Waals surface area contributed by atoms with Crippen molar-refractivity contribution in [1.82, 2.24) is 9.71 Å². The molecule has 2 atom stereocenters. The number of pyridine rings is 1. The maximum absolute atomic E-state index is 11.9. The summed E-state index contributed by atoms with van der Waals surface area (Å²) in [5.74, 6) is -0.432. The van der Waals surface area contributed by atoms with Crippen molar-refractivity contribution < 1.29 is 9.90 Å². The monoisotopic (exact) mass is 546 g/mol. The lowest BCUT2D eigenvalue weighted by molar-refractivity contribution is -0.132. The number of anilines is 4. The van der Waals surface area contributed by atoms with Crippen LogP contribution in [-0.2, 0) is 4.79 Å². The highest BCUT2D eigenvalue weighted by Crippen LogP contribution is 2.44. The molecule has 0 radical (unpaired) electrons. The van der Waals surface area contributed by atoms with Crippen molar-refractivity contribution in [2.75, 3.05) is 16.8 Å². The molecule has 0 spiro atoms. The maximum atomic E-state index is 11.9. The number of para-hydroxylation sites is 1. The molecule has 1 aromatic heterocycles. The standard InChI is InChI=1S/C30H31ClN4O2S/c1-19(2)14-22-18-35(23-6-4-3-5-7-23)28-17-27(33-21-10-12-32-13-11-21)24(16-29(28)38-34-22)20-8-9-26(31)25(15-20)30(36)37/h3-8,10-13,15-17,19,22,26,34H,9,14,18H2,1-2H3,(H,32,33)(H,36,37)/t22-,26?/m1/s1. The summed E-state index contributed by atoms with van der Waals surface area (Å²) < 4.78 is 3.70. The molecule has 2 heterocycles. The normalized spacial score (nSPS) is 19.3. The zero-order valence-electron chi connectivity index (χ0n) is 21.4. The molecule has 0 saturated heterocycles. The first-order chi connectivity index (χ1) is 18.4. The number of carbonyl (C=O) groups is 1.